The van der Waals surface area contributed by atoms with E-state index in [0.717, 1.165) is 22.3 Å². The minimum absolute atomic E-state index is 0.661. The number of anilines is 2. The molecule has 0 bridgehead atoms. The van der Waals surface area contributed by atoms with Crippen LogP contribution in [0.25, 0.3) is 22.3 Å². The van der Waals surface area contributed by atoms with Gasteiger partial charge in [0.2, 0.25) is 0 Å². The summed E-state index contributed by atoms with van der Waals surface area (Å²) in [5.74, 6) is 0. The van der Waals surface area contributed by atoms with Crippen LogP contribution in [-0.4, -0.2) is 0 Å². The van der Waals surface area contributed by atoms with Crippen LogP contribution in [0.15, 0.2) is 70.5 Å². The van der Waals surface area contributed by atoms with E-state index in [9.17, 15) is 0 Å². The Labute approximate surface area is 209 Å². The Morgan fingerprint density at radius 3 is 1.33 bits per heavy atom. The fourth-order valence-corrected chi connectivity index (χ4v) is 5.88. The number of aryl methyl sites for hydroxylation is 2. The molecule has 0 fully saturated rings. The second kappa shape index (κ2) is 9.34. The van der Waals surface area contributed by atoms with Crippen LogP contribution in [0.4, 0.5) is 11.4 Å². The Morgan fingerprint density at radius 1 is 0.576 bits per heavy atom. The predicted octanol–water partition coefficient (Wildman–Crippen LogP) is 8.88. The first-order valence-electron chi connectivity index (χ1n) is 10.7. The molecule has 33 heavy (non-hydrogen) atoms. The van der Waals surface area contributed by atoms with Crippen molar-refractivity contribution in [2.24, 2.45) is 0 Å². The largest absolute Gasteiger partial charge is 0.399 e. The summed E-state index contributed by atoms with van der Waals surface area (Å²) in [5.41, 5.74) is 22.2. The second-order valence-corrected chi connectivity index (χ2v) is 10.2. The molecule has 168 valence electrons. The molecule has 0 heterocycles. The molecule has 4 rings (SSSR count). The highest BCUT2D eigenvalue weighted by Crippen LogP contribution is 2.43. The standard InChI is InChI=1S/C28H26Cl2N2S/c1-15-5-11-25(17(3)27(15)21-9-7-19(31)13-23(21)29)33-26-12-6-16(2)28(18(26)4)22-10-8-20(32)14-24(22)30/h5-14H,31-32H2,1-4H3. The average molecular weight is 494 g/mol. The number of hydrogen-bond acceptors (Lipinski definition) is 3. The zero-order valence-electron chi connectivity index (χ0n) is 19.1. The molecule has 0 unspecified atom stereocenters. The zero-order valence-corrected chi connectivity index (χ0v) is 21.4. The number of hydrogen-bond donors (Lipinski definition) is 2. The number of halogens is 2. The minimum Gasteiger partial charge on any atom is -0.399 e. The first-order valence-corrected chi connectivity index (χ1v) is 12.2. The Balaban J connectivity index is 1.81. The lowest BCUT2D eigenvalue weighted by molar-refractivity contribution is 1.23. The summed E-state index contributed by atoms with van der Waals surface area (Å²) in [6, 6.07) is 20.1. The lowest BCUT2D eigenvalue weighted by Gasteiger charge is -2.19. The molecule has 0 aromatic heterocycles. The van der Waals surface area contributed by atoms with Crippen LogP contribution >= 0.6 is 35.0 Å². The van der Waals surface area contributed by atoms with Crippen molar-refractivity contribution >= 4 is 46.3 Å². The highest BCUT2D eigenvalue weighted by atomic mass is 35.5. The van der Waals surface area contributed by atoms with Crippen LogP contribution in [0.2, 0.25) is 10.0 Å². The molecule has 0 atom stereocenters. The number of nitrogens with two attached hydrogens (primary N) is 2. The molecule has 4 aromatic carbocycles. The molecule has 2 nitrogen and oxygen atoms in total. The van der Waals surface area contributed by atoms with Gasteiger partial charge in [0.1, 0.15) is 0 Å². The van der Waals surface area contributed by atoms with Gasteiger partial charge in [-0.1, -0.05) is 59.2 Å². The molecule has 0 aliphatic rings. The third-order valence-corrected chi connectivity index (χ3v) is 7.94. The van der Waals surface area contributed by atoms with Crippen LogP contribution in [0.1, 0.15) is 22.3 Å². The van der Waals surface area contributed by atoms with E-state index in [1.54, 1.807) is 11.8 Å². The van der Waals surface area contributed by atoms with E-state index in [1.807, 2.05) is 36.4 Å². The fourth-order valence-electron chi connectivity index (χ4n) is 4.29. The van der Waals surface area contributed by atoms with Gasteiger partial charge in [0.25, 0.3) is 0 Å². The van der Waals surface area contributed by atoms with Gasteiger partial charge in [-0.15, -0.1) is 0 Å². The predicted molar refractivity (Wildman–Crippen MR) is 146 cm³/mol. The van der Waals surface area contributed by atoms with E-state index in [-0.39, 0.29) is 0 Å². The van der Waals surface area contributed by atoms with Gasteiger partial charge in [-0.2, -0.15) is 0 Å². The first kappa shape index (κ1) is 23.6. The van der Waals surface area contributed by atoms with Crippen molar-refractivity contribution in [3.05, 3.63) is 93.0 Å². The maximum absolute atomic E-state index is 6.57. The number of rotatable bonds is 4. The van der Waals surface area contributed by atoms with E-state index in [0.29, 0.717) is 21.4 Å². The third-order valence-electron chi connectivity index (χ3n) is 5.99. The summed E-state index contributed by atoms with van der Waals surface area (Å²) < 4.78 is 0. The van der Waals surface area contributed by atoms with E-state index in [2.05, 4.69) is 52.0 Å². The molecule has 0 saturated heterocycles. The van der Waals surface area contributed by atoms with E-state index in [4.69, 9.17) is 34.7 Å². The first-order chi connectivity index (χ1) is 15.7. The number of benzene rings is 4. The molecule has 0 aliphatic carbocycles. The third kappa shape index (κ3) is 4.59. The van der Waals surface area contributed by atoms with Gasteiger partial charge < -0.3 is 11.5 Å². The van der Waals surface area contributed by atoms with Crippen molar-refractivity contribution < 1.29 is 0 Å². The molecular formula is C28H26Cl2N2S. The molecule has 4 N–H and O–H groups in total. The van der Waals surface area contributed by atoms with Crippen molar-refractivity contribution in [1.29, 1.82) is 0 Å². The Kier molecular flexibility index (Phi) is 6.67. The quantitative estimate of drug-likeness (QED) is 0.279. The van der Waals surface area contributed by atoms with Gasteiger partial charge in [0.05, 0.1) is 10.0 Å². The molecular weight excluding hydrogens is 467 g/mol. The van der Waals surface area contributed by atoms with Crippen LogP contribution in [-0.2, 0) is 0 Å². The molecule has 0 saturated carbocycles. The minimum atomic E-state index is 0.661. The monoisotopic (exact) mass is 492 g/mol. The number of nitrogen functional groups attached to an aromatic ring is 2. The summed E-state index contributed by atoms with van der Waals surface area (Å²) in [6.45, 7) is 8.53. The summed E-state index contributed by atoms with van der Waals surface area (Å²) in [6.07, 6.45) is 0. The SMILES string of the molecule is Cc1ccc(Sc2ccc(C)c(-c3ccc(N)cc3Cl)c2C)c(C)c1-c1ccc(N)cc1Cl. The van der Waals surface area contributed by atoms with Crippen LogP contribution in [0.3, 0.4) is 0 Å². The summed E-state index contributed by atoms with van der Waals surface area (Å²) >= 11 is 14.9. The lowest BCUT2D eigenvalue weighted by atomic mass is 9.95. The van der Waals surface area contributed by atoms with Crippen LogP contribution in [0.5, 0.6) is 0 Å². The zero-order chi connectivity index (χ0) is 23.9. The Hall–Kier alpha value is -2.59. The average Bonchev–Trinajstić information content (AvgIpc) is 2.75. The molecule has 4 aromatic rings. The smallest absolute Gasteiger partial charge is 0.0505 e. The Bertz CT molecular complexity index is 1270. The van der Waals surface area contributed by atoms with Crippen molar-refractivity contribution in [3.8, 4) is 22.3 Å². The van der Waals surface area contributed by atoms with Gasteiger partial charge in [-0.05, 0) is 97.5 Å². The van der Waals surface area contributed by atoms with Gasteiger partial charge in [-0.3, -0.25) is 0 Å². The summed E-state index contributed by atoms with van der Waals surface area (Å²) in [4.78, 5) is 2.37. The van der Waals surface area contributed by atoms with Crippen LogP contribution < -0.4 is 11.5 Å². The van der Waals surface area contributed by atoms with E-state index < -0.39 is 0 Å². The van der Waals surface area contributed by atoms with Crippen LogP contribution in [0, 0.1) is 27.7 Å². The van der Waals surface area contributed by atoms with Crippen molar-refractivity contribution in [2.45, 2.75) is 37.5 Å². The molecule has 5 heteroatoms. The van der Waals surface area contributed by atoms with Gasteiger partial charge in [0.15, 0.2) is 0 Å². The maximum Gasteiger partial charge on any atom is 0.0505 e. The van der Waals surface area contributed by atoms with E-state index >= 15 is 0 Å². The topological polar surface area (TPSA) is 52.0 Å². The molecule has 0 radical (unpaired) electrons. The highest BCUT2D eigenvalue weighted by Gasteiger charge is 2.17. The molecule has 0 aliphatic heterocycles. The molecule has 0 spiro atoms. The summed E-state index contributed by atoms with van der Waals surface area (Å²) in [7, 11) is 0. The van der Waals surface area contributed by atoms with Crippen molar-refractivity contribution in [3.63, 3.8) is 0 Å². The lowest BCUT2D eigenvalue weighted by Crippen LogP contribution is -1.95. The highest BCUT2D eigenvalue weighted by molar-refractivity contribution is 7.99. The van der Waals surface area contributed by atoms with Crippen molar-refractivity contribution in [1.82, 2.24) is 0 Å². The second-order valence-electron chi connectivity index (χ2n) is 8.34. The maximum atomic E-state index is 6.57. The van der Waals surface area contributed by atoms with Gasteiger partial charge in [0, 0.05) is 32.3 Å². The van der Waals surface area contributed by atoms with E-state index in [1.165, 1.54) is 32.0 Å². The van der Waals surface area contributed by atoms with Gasteiger partial charge >= 0.3 is 0 Å². The Morgan fingerprint density at radius 2 is 0.970 bits per heavy atom. The summed E-state index contributed by atoms with van der Waals surface area (Å²) in [5, 5.41) is 1.32. The van der Waals surface area contributed by atoms with Crippen molar-refractivity contribution in [2.75, 3.05) is 11.5 Å². The normalized spacial score (nSPS) is 11.1. The fraction of sp³-hybridized carbons (Fsp3) is 0.143. The molecule has 0 amide bonds. The van der Waals surface area contributed by atoms with Gasteiger partial charge in [-0.25, -0.2) is 0 Å².